The molecular weight excluding hydrogens is 260 g/mol. The third-order valence-corrected chi connectivity index (χ3v) is 3.16. The van der Waals surface area contributed by atoms with Crippen molar-refractivity contribution < 1.29 is 4.42 Å². The summed E-state index contributed by atoms with van der Waals surface area (Å²) in [6.45, 7) is 0. The molecule has 0 aliphatic heterocycles. The molecule has 1 heterocycles. The summed E-state index contributed by atoms with van der Waals surface area (Å²) < 4.78 is 5.84. The van der Waals surface area contributed by atoms with Gasteiger partial charge in [-0.1, -0.05) is 24.3 Å². The molecule has 3 rings (SSSR count). The lowest BCUT2D eigenvalue weighted by molar-refractivity contribution is 0.597. The first-order valence-corrected chi connectivity index (χ1v) is 6.41. The van der Waals surface area contributed by atoms with Gasteiger partial charge in [-0.05, 0) is 36.4 Å². The van der Waals surface area contributed by atoms with Crippen LogP contribution in [0, 0.1) is 22.7 Å². The van der Waals surface area contributed by atoms with Gasteiger partial charge >= 0.3 is 0 Å². The second-order valence-electron chi connectivity index (χ2n) is 4.55. The van der Waals surface area contributed by atoms with Crippen molar-refractivity contribution in [2.24, 2.45) is 0 Å². The lowest BCUT2D eigenvalue weighted by atomic mass is 10.1. The van der Waals surface area contributed by atoms with Crippen molar-refractivity contribution in [3.8, 4) is 34.8 Å². The number of hydrogen-bond acceptors (Lipinski definition) is 3. The molecule has 3 heteroatoms. The van der Waals surface area contributed by atoms with E-state index in [0.717, 1.165) is 11.1 Å². The zero-order valence-electron chi connectivity index (χ0n) is 11.1. The van der Waals surface area contributed by atoms with Gasteiger partial charge in [-0.25, -0.2) is 0 Å². The predicted octanol–water partition coefficient (Wildman–Crippen LogP) is 4.36. The SMILES string of the molecule is N#Cc1cccc(-c2ccc(-c3cccc(C#N)c3)o2)c1. The van der Waals surface area contributed by atoms with Gasteiger partial charge < -0.3 is 4.42 Å². The Kier molecular flexibility index (Phi) is 3.25. The Bertz CT molecular complexity index is 806. The molecule has 0 spiro atoms. The van der Waals surface area contributed by atoms with Crippen LogP contribution >= 0.6 is 0 Å². The Labute approximate surface area is 122 Å². The monoisotopic (exact) mass is 270 g/mol. The van der Waals surface area contributed by atoms with E-state index in [2.05, 4.69) is 12.1 Å². The molecule has 1 aromatic heterocycles. The van der Waals surface area contributed by atoms with Crippen LogP contribution in [0.5, 0.6) is 0 Å². The van der Waals surface area contributed by atoms with Crippen molar-refractivity contribution in [1.82, 2.24) is 0 Å². The summed E-state index contributed by atoms with van der Waals surface area (Å²) in [5.74, 6) is 1.40. The minimum atomic E-state index is 0.594. The Morgan fingerprint density at radius 2 is 1.14 bits per heavy atom. The molecule has 0 fully saturated rings. The molecule has 0 radical (unpaired) electrons. The van der Waals surface area contributed by atoms with Gasteiger partial charge in [-0.15, -0.1) is 0 Å². The highest BCUT2D eigenvalue weighted by molar-refractivity contribution is 5.66. The molecule has 98 valence electrons. The summed E-state index contributed by atoms with van der Waals surface area (Å²) in [5, 5.41) is 17.9. The van der Waals surface area contributed by atoms with Crippen LogP contribution in [0.15, 0.2) is 65.1 Å². The molecule has 3 nitrogen and oxygen atoms in total. The zero-order chi connectivity index (χ0) is 14.7. The summed E-state index contributed by atoms with van der Waals surface area (Å²) in [7, 11) is 0. The maximum Gasteiger partial charge on any atom is 0.134 e. The molecule has 0 saturated carbocycles. The maximum atomic E-state index is 8.94. The van der Waals surface area contributed by atoms with Crippen LogP contribution in [0.2, 0.25) is 0 Å². The van der Waals surface area contributed by atoms with Crippen LogP contribution in [-0.2, 0) is 0 Å². The second-order valence-corrected chi connectivity index (χ2v) is 4.55. The van der Waals surface area contributed by atoms with Gasteiger partial charge in [0.05, 0.1) is 23.3 Å². The van der Waals surface area contributed by atoms with Crippen LogP contribution in [0.1, 0.15) is 11.1 Å². The molecule has 2 aromatic carbocycles. The summed E-state index contributed by atoms with van der Waals surface area (Å²) in [6.07, 6.45) is 0. The van der Waals surface area contributed by atoms with Gasteiger partial charge in [0.2, 0.25) is 0 Å². The third kappa shape index (κ3) is 2.54. The van der Waals surface area contributed by atoms with Crippen molar-refractivity contribution in [2.45, 2.75) is 0 Å². The second kappa shape index (κ2) is 5.36. The number of benzene rings is 2. The molecule has 0 unspecified atom stereocenters. The lowest BCUT2D eigenvalue weighted by Gasteiger charge is -1.99. The summed E-state index contributed by atoms with van der Waals surface area (Å²) in [4.78, 5) is 0. The normalized spacial score (nSPS) is 9.81. The van der Waals surface area contributed by atoms with Gasteiger partial charge in [0.15, 0.2) is 0 Å². The van der Waals surface area contributed by atoms with E-state index in [9.17, 15) is 0 Å². The van der Waals surface area contributed by atoms with E-state index in [-0.39, 0.29) is 0 Å². The van der Waals surface area contributed by atoms with Crippen molar-refractivity contribution in [2.75, 3.05) is 0 Å². The van der Waals surface area contributed by atoms with E-state index in [1.807, 2.05) is 36.4 Å². The molecule has 0 aliphatic carbocycles. The van der Waals surface area contributed by atoms with Crippen LogP contribution in [-0.4, -0.2) is 0 Å². The standard InChI is InChI=1S/C18H10N2O/c19-11-13-3-1-5-15(9-13)17-7-8-18(21-17)16-6-2-4-14(10-16)12-20/h1-10H. The fraction of sp³-hybridized carbons (Fsp3) is 0. The average Bonchev–Trinajstić information content (AvgIpc) is 3.05. The van der Waals surface area contributed by atoms with Gasteiger partial charge in [0.25, 0.3) is 0 Å². The number of nitriles is 2. The number of furan rings is 1. The highest BCUT2D eigenvalue weighted by atomic mass is 16.3. The molecule has 3 aromatic rings. The Morgan fingerprint density at radius 3 is 1.57 bits per heavy atom. The van der Waals surface area contributed by atoms with Crippen LogP contribution in [0.25, 0.3) is 22.6 Å². The molecule has 0 saturated heterocycles. The summed E-state index contributed by atoms with van der Waals surface area (Å²) >= 11 is 0. The van der Waals surface area contributed by atoms with Crippen LogP contribution < -0.4 is 0 Å². The number of nitrogens with zero attached hydrogens (tertiary/aromatic N) is 2. The van der Waals surface area contributed by atoms with E-state index in [0.29, 0.717) is 22.6 Å². The Morgan fingerprint density at radius 1 is 0.667 bits per heavy atom. The van der Waals surface area contributed by atoms with E-state index in [4.69, 9.17) is 14.9 Å². The van der Waals surface area contributed by atoms with Crippen LogP contribution in [0.3, 0.4) is 0 Å². The zero-order valence-corrected chi connectivity index (χ0v) is 11.1. The first-order chi connectivity index (χ1) is 10.3. The number of rotatable bonds is 2. The van der Waals surface area contributed by atoms with Gasteiger partial charge in [0.1, 0.15) is 11.5 Å². The van der Waals surface area contributed by atoms with Crippen LogP contribution in [0.4, 0.5) is 0 Å². The first-order valence-electron chi connectivity index (χ1n) is 6.41. The molecule has 0 amide bonds. The van der Waals surface area contributed by atoms with Gasteiger partial charge in [-0.3, -0.25) is 0 Å². The molecule has 0 N–H and O–H groups in total. The Hall–Kier alpha value is -3.30. The quantitative estimate of drug-likeness (QED) is 0.695. The summed E-state index contributed by atoms with van der Waals surface area (Å²) in [6, 6.07) is 22.5. The van der Waals surface area contributed by atoms with E-state index >= 15 is 0 Å². The largest absolute Gasteiger partial charge is 0.456 e. The topological polar surface area (TPSA) is 60.7 Å². The molecule has 0 bridgehead atoms. The molecule has 0 aliphatic rings. The first kappa shape index (κ1) is 12.7. The molecule has 21 heavy (non-hydrogen) atoms. The fourth-order valence-electron chi connectivity index (χ4n) is 2.13. The smallest absolute Gasteiger partial charge is 0.134 e. The highest BCUT2D eigenvalue weighted by Gasteiger charge is 2.08. The Balaban J connectivity index is 2.00. The molecular formula is C18H10N2O. The minimum Gasteiger partial charge on any atom is -0.456 e. The van der Waals surface area contributed by atoms with Crippen molar-refractivity contribution >= 4 is 0 Å². The fourth-order valence-corrected chi connectivity index (χ4v) is 2.13. The number of hydrogen-bond donors (Lipinski definition) is 0. The van der Waals surface area contributed by atoms with E-state index in [1.54, 1.807) is 24.3 Å². The van der Waals surface area contributed by atoms with Gasteiger partial charge in [-0.2, -0.15) is 10.5 Å². The van der Waals surface area contributed by atoms with Crippen molar-refractivity contribution in [3.63, 3.8) is 0 Å². The highest BCUT2D eigenvalue weighted by Crippen LogP contribution is 2.29. The average molecular weight is 270 g/mol. The van der Waals surface area contributed by atoms with Gasteiger partial charge in [0, 0.05) is 11.1 Å². The van der Waals surface area contributed by atoms with E-state index < -0.39 is 0 Å². The van der Waals surface area contributed by atoms with E-state index in [1.165, 1.54) is 0 Å². The minimum absolute atomic E-state index is 0.594. The third-order valence-electron chi connectivity index (χ3n) is 3.16. The van der Waals surface area contributed by atoms with Crippen molar-refractivity contribution in [1.29, 1.82) is 10.5 Å². The maximum absolute atomic E-state index is 8.94. The predicted molar refractivity (Wildman–Crippen MR) is 79.0 cm³/mol. The molecule has 0 atom stereocenters. The summed E-state index contributed by atoms with van der Waals surface area (Å²) in [5.41, 5.74) is 2.90. The lowest BCUT2D eigenvalue weighted by Crippen LogP contribution is -1.78. The van der Waals surface area contributed by atoms with Crippen molar-refractivity contribution in [3.05, 3.63) is 71.8 Å².